The molecule has 3 atom stereocenters. The highest BCUT2D eigenvalue weighted by Crippen LogP contribution is 2.47. The Morgan fingerprint density at radius 3 is 2.38 bits per heavy atom. The first-order valence-electron chi connectivity index (χ1n) is 7.31. The summed E-state index contributed by atoms with van der Waals surface area (Å²) >= 11 is 0. The molecule has 2 nitrogen and oxygen atoms in total. The number of fused-ring (bicyclic) bond motifs is 2. The largest absolute Gasteiger partial charge is 0.330 e. The van der Waals surface area contributed by atoms with E-state index in [-0.39, 0.29) is 0 Å². The van der Waals surface area contributed by atoms with Crippen molar-refractivity contribution in [1.82, 2.24) is 4.90 Å². The first kappa shape index (κ1) is 11.0. The third kappa shape index (κ3) is 2.02. The summed E-state index contributed by atoms with van der Waals surface area (Å²) in [6.45, 7) is 3.61. The molecule has 0 amide bonds. The quantitative estimate of drug-likeness (QED) is 0.793. The summed E-state index contributed by atoms with van der Waals surface area (Å²) in [4.78, 5) is 2.82. The molecule has 2 N–H and O–H groups in total. The van der Waals surface area contributed by atoms with E-state index in [9.17, 15) is 0 Å². The van der Waals surface area contributed by atoms with Gasteiger partial charge in [0.25, 0.3) is 0 Å². The number of nitrogens with zero attached hydrogens (tertiary/aromatic N) is 1. The van der Waals surface area contributed by atoms with E-state index in [0.29, 0.717) is 0 Å². The summed E-state index contributed by atoms with van der Waals surface area (Å²) in [5.74, 6) is 3.09. The van der Waals surface area contributed by atoms with Gasteiger partial charge in [0.15, 0.2) is 0 Å². The Kier molecular flexibility index (Phi) is 3.21. The molecule has 1 heterocycles. The average Bonchev–Trinajstić information content (AvgIpc) is 2.92. The molecule has 3 rings (SSSR count). The minimum absolute atomic E-state index is 0.888. The smallest absolute Gasteiger partial charge is 0.0126 e. The van der Waals surface area contributed by atoms with Crippen LogP contribution in [0.3, 0.4) is 0 Å². The van der Waals surface area contributed by atoms with E-state index < -0.39 is 0 Å². The Bertz CT molecular complexity index is 233. The minimum Gasteiger partial charge on any atom is -0.330 e. The Morgan fingerprint density at radius 2 is 1.81 bits per heavy atom. The van der Waals surface area contributed by atoms with Gasteiger partial charge in [0.2, 0.25) is 0 Å². The molecule has 3 fully saturated rings. The van der Waals surface area contributed by atoms with Crippen molar-refractivity contribution in [1.29, 1.82) is 0 Å². The van der Waals surface area contributed by atoms with Gasteiger partial charge in [0, 0.05) is 6.04 Å². The van der Waals surface area contributed by atoms with Crippen molar-refractivity contribution in [2.24, 2.45) is 23.5 Å². The molecule has 92 valence electrons. The molecule has 3 unspecified atom stereocenters. The van der Waals surface area contributed by atoms with Gasteiger partial charge < -0.3 is 10.6 Å². The van der Waals surface area contributed by atoms with Crippen LogP contribution in [0.4, 0.5) is 0 Å². The van der Waals surface area contributed by atoms with Crippen LogP contribution in [0.15, 0.2) is 0 Å². The average molecular weight is 222 g/mol. The van der Waals surface area contributed by atoms with Crippen molar-refractivity contribution >= 4 is 0 Å². The molecule has 2 saturated carbocycles. The topological polar surface area (TPSA) is 29.3 Å². The third-order valence-corrected chi connectivity index (χ3v) is 5.39. The molecular formula is C14H26N2. The van der Waals surface area contributed by atoms with Crippen LogP contribution in [-0.2, 0) is 0 Å². The van der Waals surface area contributed by atoms with Gasteiger partial charge in [-0.15, -0.1) is 0 Å². The molecule has 1 saturated heterocycles. The van der Waals surface area contributed by atoms with Crippen LogP contribution in [0.1, 0.15) is 44.9 Å². The molecule has 2 aliphatic carbocycles. The zero-order chi connectivity index (χ0) is 11.0. The summed E-state index contributed by atoms with van der Waals surface area (Å²) in [7, 11) is 0. The molecule has 0 aromatic heterocycles. The number of hydrogen-bond acceptors (Lipinski definition) is 2. The maximum atomic E-state index is 5.65. The molecule has 0 spiro atoms. The maximum Gasteiger partial charge on any atom is 0.0126 e. The van der Waals surface area contributed by atoms with Gasteiger partial charge in [-0.25, -0.2) is 0 Å². The van der Waals surface area contributed by atoms with E-state index >= 15 is 0 Å². The van der Waals surface area contributed by atoms with Gasteiger partial charge in [-0.05, 0) is 75.9 Å². The fraction of sp³-hybridized carbons (Fsp3) is 1.00. The zero-order valence-electron chi connectivity index (χ0n) is 10.4. The van der Waals surface area contributed by atoms with Gasteiger partial charge in [0.1, 0.15) is 0 Å². The summed E-state index contributed by atoms with van der Waals surface area (Å²) in [6.07, 6.45) is 10.2. The molecule has 2 heteroatoms. The van der Waals surface area contributed by atoms with Crippen molar-refractivity contribution in [3.8, 4) is 0 Å². The van der Waals surface area contributed by atoms with Crippen molar-refractivity contribution in [3.63, 3.8) is 0 Å². The van der Waals surface area contributed by atoms with Crippen LogP contribution in [-0.4, -0.2) is 30.6 Å². The van der Waals surface area contributed by atoms with Crippen molar-refractivity contribution in [2.75, 3.05) is 19.6 Å². The third-order valence-electron chi connectivity index (χ3n) is 5.39. The van der Waals surface area contributed by atoms with Crippen LogP contribution >= 0.6 is 0 Å². The predicted octanol–water partition coefficient (Wildman–Crippen LogP) is 2.24. The van der Waals surface area contributed by atoms with Crippen LogP contribution in [0.5, 0.6) is 0 Å². The lowest BCUT2D eigenvalue weighted by molar-refractivity contribution is 0.0950. The molecule has 0 aromatic carbocycles. The Hall–Kier alpha value is -0.0800. The number of rotatable bonds is 3. The predicted molar refractivity (Wildman–Crippen MR) is 67.2 cm³/mol. The Morgan fingerprint density at radius 1 is 1.00 bits per heavy atom. The number of likely N-dealkylation sites (tertiary alicyclic amines) is 1. The maximum absolute atomic E-state index is 5.65. The van der Waals surface area contributed by atoms with E-state index in [0.717, 1.165) is 30.3 Å². The number of piperidine rings is 1. The van der Waals surface area contributed by atoms with E-state index in [2.05, 4.69) is 4.90 Å². The van der Waals surface area contributed by atoms with Gasteiger partial charge in [0.05, 0.1) is 0 Å². The number of hydrogen-bond donors (Lipinski definition) is 1. The molecule has 16 heavy (non-hydrogen) atoms. The molecule has 2 bridgehead atoms. The van der Waals surface area contributed by atoms with E-state index in [1.54, 1.807) is 6.42 Å². The fourth-order valence-corrected chi connectivity index (χ4v) is 4.47. The lowest BCUT2D eigenvalue weighted by Gasteiger charge is -2.39. The van der Waals surface area contributed by atoms with E-state index in [1.807, 2.05) is 0 Å². The van der Waals surface area contributed by atoms with Crippen LogP contribution in [0, 0.1) is 17.8 Å². The van der Waals surface area contributed by atoms with Gasteiger partial charge in [-0.2, -0.15) is 0 Å². The normalized spacial score (nSPS) is 40.7. The Labute approximate surface area is 99.6 Å². The first-order chi connectivity index (χ1) is 7.86. The molecule has 1 aliphatic heterocycles. The monoisotopic (exact) mass is 222 g/mol. The zero-order valence-corrected chi connectivity index (χ0v) is 10.4. The second kappa shape index (κ2) is 4.66. The SMILES string of the molecule is NCCC1CCN(C2CC3CCC2C3)CC1. The second-order valence-corrected chi connectivity index (χ2v) is 6.30. The van der Waals surface area contributed by atoms with Crippen molar-refractivity contribution in [2.45, 2.75) is 51.0 Å². The van der Waals surface area contributed by atoms with E-state index in [1.165, 1.54) is 51.6 Å². The summed E-state index contributed by atoms with van der Waals surface area (Å²) in [6, 6.07) is 0.970. The van der Waals surface area contributed by atoms with Gasteiger partial charge in [-0.1, -0.05) is 6.42 Å². The highest BCUT2D eigenvalue weighted by atomic mass is 15.2. The second-order valence-electron chi connectivity index (χ2n) is 6.30. The standard InChI is InChI=1S/C14H26N2/c15-6-3-11-4-7-16(8-5-11)14-10-12-1-2-13(14)9-12/h11-14H,1-10,15H2. The Balaban J connectivity index is 1.51. The highest BCUT2D eigenvalue weighted by Gasteiger charge is 2.42. The van der Waals surface area contributed by atoms with Crippen LogP contribution < -0.4 is 5.73 Å². The summed E-state index contributed by atoms with van der Waals surface area (Å²) in [5.41, 5.74) is 5.65. The van der Waals surface area contributed by atoms with Crippen molar-refractivity contribution in [3.05, 3.63) is 0 Å². The summed E-state index contributed by atoms with van der Waals surface area (Å²) in [5, 5.41) is 0. The number of nitrogens with two attached hydrogens (primary N) is 1. The molecule has 0 radical (unpaired) electrons. The summed E-state index contributed by atoms with van der Waals surface area (Å²) < 4.78 is 0. The molecular weight excluding hydrogens is 196 g/mol. The molecule has 0 aromatic rings. The van der Waals surface area contributed by atoms with E-state index in [4.69, 9.17) is 5.73 Å². The van der Waals surface area contributed by atoms with Crippen molar-refractivity contribution < 1.29 is 0 Å². The first-order valence-corrected chi connectivity index (χ1v) is 7.31. The van der Waals surface area contributed by atoms with Gasteiger partial charge in [-0.3, -0.25) is 0 Å². The lowest BCUT2D eigenvalue weighted by Crippen LogP contribution is -2.44. The highest BCUT2D eigenvalue weighted by molar-refractivity contribution is 4.96. The molecule has 3 aliphatic rings. The van der Waals surface area contributed by atoms with Crippen LogP contribution in [0.2, 0.25) is 0 Å². The fourth-order valence-electron chi connectivity index (χ4n) is 4.47. The van der Waals surface area contributed by atoms with Gasteiger partial charge >= 0.3 is 0 Å². The van der Waals surface area contributed by atoms with Crippen LogP contribution in [0.25, 0.3) is 0 Å². The minimum atomic E-state index is 0.888. The lowest BCUT2D eigenvalue weighted by atomic mass is 9.89.